The fourth-order valence-corrected chi connectivity index (χ4v) is 3.92. The van der Waals surface area contributed by atoms with E-state index in [0.717, 1.165) is 41.8 Å². The molecule has 0 radical (unpaired) electrons. The van der Waals surface area contributed by atoms with E-state index in [1.165, 1.54) is 0 Å². The molecule has 1 amide bonds. The summed E-state index contributed by atoms with van der Waals surface area (Å²) in [5.74, 6) is 1.22. The number of carbonyl (C=O) groups is 1. The number of piperidine rings is 1. The molecule has 2 heterocycles. The molecule has 0 aliphatic carbocycles. The van der Waals surface area contributed by atoms with Crippen LogP contribution in [0.2, 0.25) is 0 Å². The van der Waals surface area contributed by atoms with E-state index < -0.39 is 0 Å². The summed E-state index contributed by atoms with van der Waals surface area (Å²) in [6.07, 6.45) is 1.87. The van der Waals surface area contributed by atoms with Gasteiger partial charge in [-0.15, -0.1) is 0 Å². The predicted octanol–water partition coefficient (Wildman–Crippen LogP) is 4.20. The normalized spacial score (nSPS) is 17.2. The number of rotatable bonds is 5. The van der Waals surface area contributed by atoms with Gasteiger partial charge in [0.25, 0.3) is 0 Å². The topological polar surface area (TPSA) is 71.3 Å². The molecule has 6 nitrogen and oxygen atoms in total. The van der Waals surface area contributed by atoms with E-state index in [4.69, 9.17) is 4.52 Å². The molecule has 1 N–H and O–H groups in total. The number of carbonyl (C=O) groups excluding carboxylic acids is 1. The molecule has 1 aliphatic rings. The van der Waals surface area contributed by atoms with Gasteiger partial charge in [0.2, 0.25) is 17.6 Å². The summed E-state index contributed by atoms with van der Waals surface area (Å²) in [7, 11) is 0. The van der Waals surface area contributed by atoms with Crippen molar-refractivity contribution in [3.63, 3.8) is 0 Å². The minimum atomic E-state index is -0.0407. The highest BCUT2D eigenvalue weighted by molar-refractivity contribution is 5.92. The van der Waals surface area contributed by atoms with Crippen LogP contribution in [0.1, 0.15) is 29.9 Å². The smallest absolute Gasteiger partial charge is 0.241 e. The fraction of sp³-hybridized carbons (Fsp3) is 0.348. The second-order valence-corrected chi connectivity index (χ2v) is 7.82. The Morgan fingerprint density at radius 2 is 1.93 bits per heavy atom. The van der Waals surface area contributed by atoms with Crippen molar-refractivity contribution in [3.8, 4) is 11.4 Å². The molecule has 29 heavy (non-hydrogen) atoms. The molecule has 1 unspecified atom stereocenters. The van der Waals surface area contributed by atoms with Gasteiger partial charge in [-0.2, -0.15) is 4.98 Å². The maximum absolute atomic E-state index is 12.8. The summed E-state index contributed by atoms with van der Waals surface area (Å²) in [6.45, 7) is 6.27. The van der Waals surface area contributed by atoms with Crippen molar-refractivity contribution in [2.75, 3.05) is 18.4 Å². The van der Waals surface area contributed by atoms with E-state index in [1.807, 2.05) is 56.3 Å². The summed E-state index contributed by atoms with van der Waals surface area (Å²) in [4.78, 5) is 19.5. The number of aromatic nitrogens is 2. The quantitative estimate of drug-likeness (QED) is 0.707. The van der Waals surface area contributed by atoms with Crippen molar-refractivity contribution in [3.05, 3.63) is 65.5 Å². The van der Waals surface area contributed by atoms with Crippen molar-refractivity contribution in [2.24, 2.45) is 5.92 Å². The Hall–Kier alpha value is -2.99. The molecule has 0 bridgehead atoms. The molecule has 2 aromatic carbocycles. The Labute approximate surface area is 170 Å². The molecule has 0 saturated carbocycles. The number of benzene rings is 2. The maximum atomic E-state index is 12.8. The number of likely N-dealkylation sites (tertiary alicyclic amines) is 1. The number of amides is 1. The van der Waals surface area contributed by atoms with Crippen molar-refractivity contribution >= 4 is 11.6 Å². The number of hydrogen-bond donors (Lipinski definition) is 1. The second-order valence-electron chi connectivity index (χ2n) is 7.82. The number of anilines is 1. The first-order valence-electron chi connectivity index (χ1n) is 10.1. The van der Waals surface area contributed by atoms with Crippen molar-refractivity contribution < 1.29 is 9.32 Å². The van der Waals surface area contributed by atoms with E-state index in [1.54, 1.807) is 0 Å². The number of hydrogen-bond acceptors (Lipinski definition) is 5. The molecule has 1 aromatic heterocycles. The van der Waals surface area contributed by atoms with Crippen LogP contribution in [0.5, 0.6) is 0 Å². The zero-order valence-corrected chi connectivity index (χ0v) is 16.9. The molecule has 1 atom stereocenters. The lowest BCUT2D eigenvalue weighted by atomic mass is 9.97. The second kappa shape index (κ2) is 8.57. The highest BCUT2D eigenvalue weighted by Gasteiger charge is 2.27. The van der Waals surface area contributed by atoms with Gasteiger partial charge in [-0.3, -0.25) is 9.69 Å². The summed E-state index contributed by atoms with van der Waals surface area (Å²) in [6, 6.07) is 15.9. The average Bonchev–Trinajstić information content (AvgIpc) is 3.16. The lowest BCUT2D eigenvalue weighted by Crippen LogP contribution is -2.40. The van der Waals surface area contributed by atoms with Gasteiger partial charge in [0, 0.05) is 17.8 Å². The van der Waals surface area contributed by atoms with E-state index in [2.05, 4.69) is 26.4 Å². The van der Waals surface area contributed by atoms with Gasteiger partial charge in [0.15, 0.2) is 0 Å². The predicted molar refractivity (Wildman–Crippen MR) is 112 cm³/mol. The Kier molecular flexibility index (Phi) is 5.71. The first-order valence-corrected chi connectivity index (χ1v) is 10.1. The first-order chi connectivity index (χ1) is 14.1. The summed E-state index contributed by atoms with van der Waals surface area (Å²) in [5, 5.41) is 7.17. The van der Waals surface area contributed by atoms with Gasteiger partial charge < -0.3 is 9.84 Å². The Bertz CT molecular complexity index is 963. The van der Waals surface area contributed by atoms with E-state index in [9.17, 15) is 4.79 Å². The molecule has 1 saturated heterocycles. The largest absolute Gasteiger partial charge is 0.338 e. The summed E-state index contributed by atoms with van der Waals surface area (Å²) < 4.78 is 5.44. The van der Waals surface area contributed by atoms with Gasteiger partial charge in [0.1, 0.15) is 0 Å². The molecule has 1 fully saturated rings. The zero-order chi connectivity index (χ0) is 20.2. The van der Waals surface area contributed by atoms with Crippen LogP contribution in [0.15, 0.2) is 53.1 Å². The third-order valence-corrected chi connectivity index (χ3v) is 5.22. The van der Waals surface area contributed by atoms with Crippen LogP contribution in [-0.4, -0.2) is 34.0 Å². The molecule has 3 aromatic rings. The van der Waals surface area contributed by atoms with E-state index >= 15 is 0 Å². The monoisotopic (exact) mass is 390 g/mol. The lowest BCUT2D eigenvalue weighted by molar-refractivity contribution is -0.121. The van der Waals surface area contributed by atoms with Crippen LogP contribution in [0, 0.1) is 19.8 Å². The van der Waals surface area contributed by atoms with Crippen LogP contribution >= 0.6 is 0 Å². The Morgan fingerprint density at radius 3 is 2.69 bits per heavy atom. The van der Waals surface area contributed by atoms with Crippen LogP contribution in [0.25, 0.3) is 11.4 Å². The molecular weight excluding hydrogens is 364 g/mol. The molecular formula is C23H26N4O2. The standard InChI is InChI=1S/C23H26N4O2/c1-16-11-17(2)13-20(12-16)24-23(28)19-9-6-10-27(14-19)15-21-25-22(26-29-21)18-7-4-3-5-8-18/h3-5,7-8,11-13,19H,6,9-10,14-15H2,1-2H3,(H,24,28). The third kappa shape index (κ3) is 4.90. The molecule has 1 aliphatic heterocycles. The minimum absolute atomic E-state index is 0.0407. The molecule has 6 heteroatoms. The van der Waals surface area contributed by atoms with Gasteiger partial charge in [-0.1, -0.05) is 41.6 Å². The summed E-state index contributed by atoms with van der Waals surface area (Å²) >= 11 is 0. The van der Waals surface area contributed by atoms with Gasteiger partial charge in [0.05, 0.1) is 12.5 Å². The van der Waals surface area contributed by atoms with Crippen molar-refractivity contribution in [1.82, 2.24) is 15.0 Å². The third-order valence-electron chi connectivity index (χ3n) is 5.22. The fourth-order valence-electron chi connectivity index (χ4n) is 3.92. The highest BCUT2D eigenvalue weighted by Crippen LogP contribution is 2.22. The zero-order valence-electron chi connectivity index (χ0n) is 16.9. The van der Waals surface area contributed by atoms with Crippen LogP contribution in [0.4, 0.5) is 5.69 Å². The van der Waals surface area contributed by atoms with Gasteiger partial charge in [-0.25, -0.2) is 0 Å². The Morgan fingerprint density at radius 1 is 1.17 bits per heavy atom. The highest BCUT2D eigenvalue weighted by atomic mass is 16.5. The minimum Gasteiger partial charge on any atom is -0.338 e. The van der Waals surface area contributed by atoms with Crippen molar-refractivity contribution in [2.45, 2.75) is 33.2 Å². The van der Waals surface area contributed by atoms with Crippen LogP contribution < -0.4 is 5.32 Å². The first kappa shape index (κ1) is 19.3. The maximum Gasteiger partial charge on any atom is 0.241 e. The van der Waals surface area contributed by atoms with Crippen LogP contribution in [0.3, 0.4) is 0 Å². The van der Waals surface area contributed by atoms with Crippen molar-refractivity contribution in [1.29, 1.82) is 0 Å². The molecule has 4 rings (SSSR count). The number of nitrogens with one attached hydrogen (secondary N) is 1. The SMILES string of the molecule is Cc1cc(C)cc(NC(=O)C2CCCN(Cc3nc(-c4ccccc4)no3)C2)c1. The summed E-state index contributed by atoms with van der Waals surface area (Å²) in [5.41, 5.74) is 4.10. The lowest BCUT2D eigenvalue weighted by Gasteiger charge is -2.30. The van der Waals surface area contributed by atoms with Gasteiger partial charge in [-0.05, 0) is 56.5 Å². The van der Waals surface area contributed by atoms with E-state index in [-0.39, 0.29) is 11.8 Å². The molecule has 0 spiro atoms. The van der Waals surface area contributed by atoms with Crippen LogP contribution in [-0.2, 0) is 11.3 Å². The molecule has 150 valence electrons. The average molecular weight is 390 g/mol. The number of nitrogens with zero attached hydrogens (tertiary/aromatic N) is 3. The van der Waals surface area contributed by atoms with Gasteiger partial charge >= 0.3 is 0 Å². The van der Waals surface area contributed by atoms with E-state index in [0.29, 0.717) is 24.8 Å². The number of aryl methyl sites for hydroxylation is 2. The Balaban J connectivity index is 1.37.